The lowest BCUT2D eigenvalue weighted by atomic mass is 10.1. The number of aromatic nitrogens is 2. The Morgan fingerprint density at radius 1 is 1.32 bits per heavy atom. The first-order valence-corrected chi connectivity index (χ1v) is 6.79. The van der Waals surface area contributed by atoms with Crippen molar-refractivity contribution in [3.05, 3.63) is 65.0 Å². The van der Waals surface area contributed by atoms with E-state index in [9.17, 15) is 10.1 Å². The van der Waals surface area contributed by atoms with Gasteiger partial charge in [0.25, 0.3) is 0 Å². The molecule has 0 aliphatic heterocycles. The van der Waals surface area contributed by atoms with E-state index in [0.717, 1.165) is 5.56 Å². The largest absolute Gasteiger partial charge is 0.361 e. The smallest absolute Gasteiger partial charge is 0.353 e. The first-order chi connectivity index (χ1) is 10.6. The van der Waals surface area contributed by atoms with Gasteiger partial charge in [0.05, 0.1) is 11.0 Å². The van der Waals surface area contributed by atoms with Crippen LogP contribution >= 0.6 is 0 Å². The van der Waals surface area contributed by atoms with Gasteiger partial charge in [0.1, 0.15) is 6.33 Å². The number of nitrogens with zero attached hydrogens (tertiary/aromatic N) is 3. The van der Waals surface area contributed by atoms with Gasteiger partial charge in [-0.2, -0.15) is 0 Å². The Morgan fingerprint density at radius 3 is 2.64 bits per heavy atom. The van der Waals surface area contributed by atoms with E-state index in [1.54, 1.807) is 6.08 Å². The second-order valence-electron chi connectivity index (χ2n) is 4.62. The number of hydrogen-bond donors (Lipinski definition) is 2. The Bertz CT molecular complexity index is 660. The molecule has 22 heavy (non-hydrogen) atoms. The molecule has 1 atom stereocenters. The summed E-state index contributed by atoms with van der Waals surface area (Å²) in [7, 11) is 0. The lowest BCUT2D eigenvalue weighted by Gasteiger charge is -2.15. The van der Waals surface area contributed by atoms with Gasteiger partial charge in [0.15, 0.2) is 0 Å². The van der Waals surface area contributed by atoms with Crippen LogP contribution < -0.4 is 10.6 Å². The molecule has 1 unspecified atom stereocenters. The van der Waals surface area contributed by atoms with E-state index in [1.807, 2.05) is 37.3 Å². The van der Waals surface area contributed by atoms with Crippen LogP contribution in [0.3, 0.4) is 0 Å². The molecular formula is C15H17N5O2. The predicted molar refractivity (Wildman–Crippen MR) is 85.9 cm³/mol. The number of benzene rings is 1. The van der Waals surface area contributed by atoms with Crippen LogP contribution in [0.4, 0.5) is 17.3 Å². The zero-order chi connectivity index (χ0) is 15.9. The van der Waals surface area contributed by atoms with Crippen LogP contribution in [0.2, 0.25) is 0 Å². The van der Waals surface area contributed by atoms with E-state index in [0.29, 0.717) is 6.54 Å². The Morgan fingerprint density at radius 2 is 2.00 bits per heavy atom. The average Bonchev–Trinajstić information content (AvgIpc) is 2.53. The van der Waals surface area contributed by atoms with Crippen LogP contribution in [0.25, 0.3) is 0 Å². The maximum Gasteiger partial charge on any atom is 0.353 e. The third-order valence-corrected chi connectivity index (χ3v) is 3.07. The molecule has 7 heteroatoms. The van der Waals surface area contributed by atoms with Crippen LogP contribution in [-0.2, 0) is 0 Å². The van der Waals surface area contributed by atoms with Crippen molar-refractivity contribution < 1.29 is 4.92 Å². The molecule has 0 radical (unpaired) electrons. The fourth-order valence-corrected chi connectivity index (χ4v) is 1.99. The molecule has 0 aliphatic carbocycles. The summed E-state index contributed by atoms with van der Waals surface area (Å²) < 4.78 is 0. The van der Waals surface area contributed by atoms with Crippen molar-refractivity contribution in [3.63, 3.8) is 0 Å². The Hall–Kier alpha value is -2.96. The van der Waals surface area contributed by atoms with Gasteiger partial charge < -0.3 is 10.6 Å². The molecule has 0 amide bonds. The van der Waals surface area contributed by atoms with E-state index in [-0.39, 0.29) is 23.4 Å². The van der Waals surface area contributed by atoms with Gasteiger partial charge in [-0.05, 0) is 12.5 Å². The molecule has 1 heterocycles. The third kappa shape index (κ3) is 3.57. The highest BCUT2D eigenvalue weighted by atomic mass is 16.6. The molecule has 2 N–H and O–H groups in total. The SMILES string of the molecule is C=CCNc1ncnc(NC(C)c2ccccc2)c1[N+](=O)[O-]. The fourth-order valence-electron chi connectivity index (χ4n) is 1.99. The molecule has 0 bridgehead atoms. The van der Waals surface area contributed by atoms with Gasteiger partial charge in [-0.15, -0.1) is 6.58 Å². The minimum Gasteiger partial charge on any atom is -0.361 e. The molecular weight excluding hydrogens is 282 g/mol. The summed E-state index contributed by atoms with van der Waals surface area (Å²) in [5.74, 6) is 0.352. The Labute approximate surface area is 128 Å². The number of rotatable bonds is 7. The normalized spacial score (nSPS) is 11.5. The van der Waals surface area contributed by atoms with E-state index in [4.69, 9.17) is 0 Å². The number of nitro groups is 1. The van der Waals surface area contributed by atoms with Crippen molar-refractivity contribution in [2.75, 3.05) is 17.2 Å². The Balaban J connectivity index is 2.30. The van der Waals surface area contributed by atoms with E-state index in [1.165, 1.54) is 6.33 Å². The monoisotopic (exact) mass is 299 g/mol. The van der Waals surface area contributed by atoms with Gasteiger partial charge in [0.2, 0.25) is 11.6 Å². The zero-order valence-electron chi connectivity index (χ0n) is 12.2. The quantitative estimate of drug-likeness (QED) is 0.463. The number of anilines is 2. The molecule has 0 saturated heterocycles. The highest BCUT2D eigenvalue weighted by Gasteiger charge is 2.23. The van der Waals surface area contributed by atoms with Gasteiger partial charge in [-0.1, -0.05) is 36.4 Å². The van der Waals surface area contributed by atoms with Crippen LogP contribution in [0.15, 0.2) is 49.3 Å². The second kappa shape index (κ2) is 7.16. The summed E-state index contributed by atoms with van der Waals surface area (Å²) >= 11 is 0. The highest BCUT2D eigenvalue weighted by Crippen LogP contribution is 2.31. The lowest BCUT2D eigenvalue weighted by molar-refractivity contribution is -0.383. The molecule has 0 saturated carbocycles. The second-order valence-corrected chi connectivity index (χ2v) is 4.62. The maximum absolute atomic E-state index is 11.3. The summed E-state index contributed by atoms with van der Waals surface area (Å²) in [5.41, 5.74) is 0.836. The topological polar surface area (TPSA) is 93.0 Å². The van der Waals surface area contributed by atoms with Crippen molar-refractivity contribution in [1.29, 1.82) is 0 Å². The molecule has 0 fully saturated rings. The van der Waals surface area contributed by atoms with Crippen LogP contribution in [0.1, 0.15) is 18.5 Å². The predicted octanol–water partition coefficient (Wildman–Crippen LogP) is 3.16. The summed E-state index contributed by atoms with van der Waals surface area (Å²) in [6.45, 7) is 5.86. The van der Waals surface area contributed by atoms with Crippen molar-refractivity contribution >= 4 is 17.3 Å². The Kier molecular flexibility index (Phi) is 5.02. The van der Waals surface area contributed by atoms with Crippen molar-refractivity contribution in [2.45, 2.75) is 13.0 Å². The number of nitrogens with one attached hydrogen (secondary N) is 2. The maximum atomic E-state index is 11.3. The molecule has 2 rings (SSSR count). The highest BCUT2D eigenvalue weighted by molar-refractivity contribution is 5.69. The standard InChI is InChI=1S/C15H17N5O2/c1-3-9-16-14-13(20(21)22)15(18-10-17-14)19-11(2)12-7-5-4-6-8-12/h3-8,10-11H,1,9H2,2H3,(H2,16,17,18,19). The van der Waals surface area contributed by atoms with E-state index >= 15 is 0 Å². The average molecular weight is 299 g/mol. The number of hydrogen-bond acceptors (Lipinski definition) is 6. The molecule has 114 valence electrons. The minimum atomic E-state index is -0.495. The molecule has 2 aromatic rings. The van der Waals surface area contributed by atoms with Gasteiger partial charge >= 0.3 is 5.69 Å². The summed E-state index contributed by atoms with van der Waals surface area (Å²) in [6, 6.07) is 9.52. The summed E-state index contributed by atoms with van der Waals surface area (Å²) in [4.78, 5) is 18.8. The van der Waals surface area contributed by atoms with Crippen molar-refractivity contribution in [2.24, 2.45) is 0 Å². The molecule has 0 spiro atoms. The summed E-state index contributed by atoms with van der Waals surface area (Å²) in [5, 5.41) is 17.3. The molecule has 0 aliphatic rings. The van der Waals surface area contributed by atoms with Crippen LogP contribution in [-0.4, -0.2) is 21.4 Å². The summed E-state index contributed by atoms with van der Waals surface area (Å²) in [6.07, 6.45) is 2.89. The van der Waals surface area contributed by atoms with Crippen LogP contribution in [0, 0.1) is 10.1 Å². The van der Waals surface area contributed by atoms with Gasteiger partial charge in [0, 0.05) is 6.54 Å². The van der Waals surface area contributed by atoms with E-state index in [2.05, 4.69) is 27.2 Å². The zero-order valence-corrected chi connectivity index (χ0v) is 12.2. The molecule has 1 aromatic carbocycles. The van der Waals surface area contributed by atoms with Crippen molar-refractivity contribution in [1.82, 2.24) is 9.97 Å². The minimum absolute atomic E-state index is 0.123. The fraction of sp³-hybridized carbons (Fsp3) is 0.200. The van der Waals surface area contributed by atoms with Crippen LogP contribution in [0.5, 0.6) is 0 Å². The first kappa shape index (κ1) is 15.4. The van der Waals surface area contributed by atoms with Gasteiger partial charge in [-0.25, -0.2) is 9.97 Å². The molecule has 7 nitrogen and oxygen atoms in total. The third-order valence-electron chi connectivity index (χ3n) is 3.07. The molecule has 1 aromatic heterocycles. The van der Waals surface area contributed by atoms with Crippen molar-refractivity contribution in [3.8, 4) is 0 Å². The lowest BCUT2D eigenvalue weighted by Crippen LogP contribution is -2.12. The first-order valence-electron chi connectivity index (χ1n) is 6.79. The van der Waals surface area contributed by atoms with Gasteiger partial charge in [-0.3, -0.25) is 10.1 Å². The van der Waals surface area contributed by atoms with E-state index < -0.39 is 4.92 Å².